The number of likely N-dealkylation sites (tertiary alicyclic amines) is 1. The number of nitrogens with two attached hydrogens (primary N) is 1. The van der Waals surface area contributed by atoms with Crippen LogP contribution in [0.15, 0.2) is 0 Å². The van der Waals surface area contributed by atoms with Gasteiger partial charge in [-0.15, -0.1) is 0 Å². The number of nitrogens with zero attached hydrogens (tertiary/aromatic N) is 1. The summed E-state index contributed by atoms with van der Waals surface area (Å²) >= 11 is 0. The van der Waals surface area contributed by atoms with Crippen LogP contribution in [0.2, 0.25) is 5.82 Å². The molecule has 1 aliphatic heterocycles. The first-order valence-electron chi connectivity index (χ1n) is 6.25. The summed E-state index contributed by atoms with van der Waals surface area (Å²) < 4.78 is 0. The van der Waals surface area contributed by atoms with E-state index >= 15 is 0 Å². The summed E-state index contributed by atoms with van der Waals surface area (Å²) in [6.45, 7) is 8.19. The molecule has 0 aromatic rings. The molecule has 18 heavy (non-hydrogen) atoms. The van der Waals surface area contributed by atoms with E-state index in [1.54, 1.807) is 4.90 Å². The lowest BCUT2D eigenvalue weighted by molar-refractivity contribution is -0.136. The number of primary amides is 1. The summed E-state index contributed by atoms with van der Waals surface area (Å²) in [6.07, 6.45) is 0.791. The third-order valence-corrected chi connectivity index (χ3v) is 3.29. The number of nitrogens with one attached hydrogen (secondary N) is 1. The van der Waals surface area contributed by atoms with E-state index in [0.29, 0.717) is 6.54 Å². The van der Waals surface area contributed by atoms with Crippen LogP contribution in [-0.2, 0) is 4.79 Å². The lowest BCUT2D eigenvalue weighted by Gasteiger charge is -2.34. The van der Waals surface area contributed by atoms with Gasteiger partial charge in [-0.3, -0.25) is 4.79 Å². The van der Waals surface area contributed by atoms with Gasteiger partial charge in [0.05, 0.1) is 7.85 Å². The van der Waals surface area contributed by atoms with Crippen LogP contribution in [0, 0.1) is 5.41 Å². The third kappa shape index (κ3) is 3.40. The Labute approximate surface area is 110 Å². The number of urea groups is 1. The zero-order chi connectivity index (χ0) is 14.1. The van der Waals surface area contributed by atoms with Crippen LogP contribution in [0.25, 0.3) is 0 Å². The molecular weight excluding hydrogens is 229 g/mol. The zero-order valence-electron chi connectivity index (χ0n) is 11.6. The van der Waals surface area contributed by atoms with Gasteiger partial charge in [0.1, 0.15) is 6.04 Å². The number of rotatable bonds is 2. The van der Waals surface area contributed by atoms with Gasteiger partial charge >= 0.3 is 6.03 Å². The molecule has 5 nitrogen and oxygen atoms in total. The number of carbonyl (C=O) groups is 2. The van der Waals surface area contributed by atoms with Crippen LogP contribution in [0.4, 0.5) is 4.79 Å². The first-order valence-corrected chi connectivity index (χ1v) is 6.25. The Morgan fingerprint density at radius 2 is 2.00 bits per heavy atom. The third-order valence-electron chi connectivity index (χ3n) is 3.29. The molecule has 0 aromatic heterocycles. The number of carbonyl (C=O) groups excluding carboxylic acids is 2. The van der Waals surface area contributed by atoms with Gasteiger partial charge in [0, 0.05) is 12.6 Å². The van der Waals surface area contributed by atoms with Crippen molar-refractivity contribution in [3.05, 3.63) is 0 Å². The zero-order valence-corrected chi connectivity index (χ0v) is 11.6. The maximum absolute atomic E-state index is 12.5. The van der Waals surface area contributed by atoms with Crippen molar-refractivity contribution in [1.82, 2.24) is 10.2 Å². The van der Waals surface area contributed by atoms with Crippen molar-refractivity contribution < 1.29 is 9.59 Å². The van der Waals surface area contributed by atoms with Crippen molar-refractivity contribution in [3.63, 3.8) is 0 Å². The van der Waals surface area contributed by atoms with Crippen molar-refractivity contribution in [1.29, 1.82) is 0 Å². The van der Waals surface area contributed by atoms with Crippen molar-refractivity contribution in [2.24, 2.45) is 11.1 Å². The number of amides is 3. The van der Waals surface area contributed by atoms with Gasteiger partial charge in [-0.1, -0.05) is 26.6 Å². The van der Waals surface area contributed by atoms with E-state index in [2.05, 4.69) is 5.32 Å². The average Bonchev–Trinajstić information content (AvgIpc) is 2.51. The molecule has 1 heterocycles. The molecule has 100 valence electrons. The van der Waals surface area contributed by atoms with Crippen molar-refractivity contribution in [3.8, 4) is 0 Å². The highest BCUT2D eigenvalue weighted by Crippen LogP contribution is 2.29. The Morgan fingerprint density at radius 1 is 1.44 bits per heavy atom. The summed E-state index contributed by atoms with van der Waals surface area (Å²) in [4.78, 5) is 25.3. The highest BCUT2D eigenvalue weighted by atomic mass is 16.2. The smallest absolute Gasteiger partial charge is 0.312 e. The maximum Gasteiger partial charge on any atom is 0.312 e. The number of hydrogen-bond acceptors (Lipinski definition) is 2. The average molecular weight is 251 g/mol. The van der Waals surface area contributed by atoms with Gasteiger partial charge in [-0.2, -0.15) is 0 Å². The SMILES string of the molecule is [B]C1CC(C)N(C(=O)C(NC(N)=O)C(C)(C)C)C1. The molecule has 6 heteroatoms. The second-order valence-corrected chi connectivity index (χ2v) is 6.14. The maximum atomic E-state index is 12.5. The van der Waals surface area contributed by atoms with Gasteiger partial charge in [0.15, 0.2) is 0 Å². The minimum absolute atomic E-state index is 0.0122. The van der Waals surface area contributed by atoms with Crippen LogP contribution in [-0.4, -0.2) is 43.3 Å². The first-order chi connectivity index (χ1) is 8.12. The van der Waals surface area contributed by atoms with Crippen LogP contribution in [0.5, 0.6) is 0 Å². The summed E-state index contributed by atoms with van der Waals surface area (Å²) in [7, 11) is 5.86. The molecule has 3 unspecified atom stereocenters. The second-order valence-electron chi connectivity index (χ2n) is 6.14. The molecule has 1 rings (SSSR count). The second kappa shape index (κ2) is 5.20. The van der Waals surface area contributed by atoms with Gasteiger partial charge in [-0.05, 0) is 18.8 Å². The van der Waals surface area contributed by atoms with Crippen LogP contribution in [0.3, 0.4) is 0 Å². The minimum atomic E-state index is -0.681. The van der Waals surface area contributed by atoms with Crippen molar-refractivity contribution in [2.75, 3.05) is 6.54 Å². The summed E-state index contributed by atoms with van der Waals surface area (Å²) in [6, 6.07) is -1.20. The van der Waals surface area contributed by atoms with Gasteiger partial charge in [0.2, 0.25) is 5.91 Å². The molecule has 1 aliphatic rings. The van der Waals surface area contributed by atoms with Gasteiger partial charge in [-0.25, -0.2) is 4.79 Å². The lowest BCUT2D eigenvalue weighted by Crippen LogP contribution is -2.56. The van der Waals surface area contributed by atoms with Gasteiger partial charge in [0.25, 0.3) is 0 Å². The molecule has 0 aromatic carbocycles. The molecular formula is C12H22BN3O2. The van der Waals surface area contributed by atoms with E-state index in [1.807, 2.05) is 27.7 Å². The molecule has 0 spiro atoms. The Kier molecular flexibility index (Phi) is 4.30. The molecule has 1 saturated heterocycles. The van der Waals surface area contributed by atoms with Crippen LogP contribution >= 0.6 is 0 Å². The Balaban J connectivity index is 2.86. The summed E-state index contributed by atoms with van der Waals surface area (Å²) in [5, 5.41) is 2.54. The quantitative estimate of drug-likeness (QED) is 0.707. The normalized spacial score (nSPS) is 25.9. The van der Waals surface area contributed by atoms with Crippen molar-refractivity contribution >= 4 is 19.8 Å². The highest BCUT2D eigenvalue weighted by Gasteiger charge is 2.39. The molecule has 3 amide bonds. The monoisotopic (exact) mass is 251 g/mol. The van der Waals surface area contributed by atoms with Gasteiger partial charge < -0.3 is 16.0 Å². The summed E-state index contributed by atoms with van der Waals surface area (Å²) in [5.74, 6) is -0.0973. The fourth-order valence-corrected chi connectivity index (χ4v) is 2.34. The number of hydrogen-bond donors (Lipinski definition) is 2. The molecule has 3 atom stereocenters. The van der Waals surface area contributed by atoms with E-state index in [0.717, 1.165) is 6.42 Å². The predicted octanol–water partition coefficient (Wildman–Crippen LogP) is 0.647. The minimum Gasteiger partial charge on any atom is -0.352 e. The fourth-order valence-electron chi connectivity index (χ4n) is 2.34. The van der Waals surface area contributed by atoms with E-state index in [4.69, 9.17) is 13.6 Å². The molecule has 0 aliphatic carbocycles. The Hall–Kier alpha value is -1.20. The molecule has 3 N–H and O–H groups in total. The van der Waals surface area contributed by atoms with Crippen molar-refractivity contribution in [2.45, 2.75) is 52.0 Å². The van der Waals surface area contributed by atoms with E-state index in [-0.39, 0.29) is 17.8 Å². The molecule has 0 bridgehead atoms. The van der Waals surface area contributed by atoms with E-state index < -0.39 is 17.5 Å². The molecule has 0 saturated carbocycles. The standard InChI is InChI=1S/C12H22BN3O2/c1-7-5-8(13)6-16(7)10(17)9(12(2,3)4)15-11(14)18/h7-9H,5-6H2,1-4H3,(H3,14,15,18). The predicted molar refractivity (Wildman–Crippen MR) is 71.3 cm³/mol. The lowest BCUT2D eigenvalue weighted by atomic mass is 9.85. The summed E-state index contributed by atoms with van der Waals surface area (Å²) in [5.41, 5.74) is 4.75. The topological polar surface area (TPSA) is 75.4 Å². The highest BCUT2D eigenvalue weighted by molar-refractivity contribution is 6.12. The van der Waals surface area contributed by atoms with Crippen LogP contribution in [0.1, 0.15) is 34.1 Å². The van der Waals surface area contributed by atoms with E-state index in [9.17, 15) is 9.59 Å². The molecule has 2 radical (unpaired) electrons. The van der Waals surface area contributed by atoms with Crippen LogP contribution < -0.4 is 11.1 Å². The van der Waals surface area contributed by atoms with E-state index in [1.165, 1.54) is 0 Å². The fraction of sp³-hybridized carbons (Fsp3) is 0.833. The Bertz CT molecular complexity index is 341. The molecule has 1 fully saturated rings. The first kappa shape index (κ1) is 14.9. The largest absolute Gasteiger partial charge is 0.352 e. The Morgan fingerprint density at radius 3 is 2.33 bits per heavy atom.